The zero-order valence-corrected chi connectivity index (χ0v) is 18.9. The fourth-order valence-corrected chi connectivity index (χ4v) is 3.48. The lowest BCUT2D eigenvalue weighted by atomic mass is 10.0. The molecule has 0 aliphatic heterocycles. The van der Waals surface area contributed by atoms with Crippen LogP contribution in [0.4, 0.5) is 4.39 Å². The molecule has 0 saturated carbocycles. The third kappa shape index (κ3) is 5.11. The van der Waals surface area contributed by atoms with Gasteiger partial charge in [0.15, 0.2) is 11.5 Å². The van der Waals surface area contributed by atoms with Gasteiger partial charge < -0.3 is 14.2 Å². The van der Waals surface area contributed by atoms with Gasteiger partial charge in [-0.1, -0.05) is 42.5 Å². The average Bonchev–Trinajstić information content (AvgIpc) is 2.89. The van der Waals surface area contributed by atoms with Crippen LogP contribution in [0.1, 0.15) is 26.3 Å². The predicted octanol–water partition coefficient (Wildman–Crippen LogP) is 4.98. The number of amides is 1. The van der Waals surface area contributed by atoms with Crippen LogP contribution in [-0.4, -0.2) is 32.3 Å². The lowest BCUT2D eigenvalue weighted by Crippen LogP contribution is -2.19. The van der Waals surface area contributed by atoms with Gasteiger partial charge in [0, 0.05) is 5.56 Å². The Hall–Kier alpha value is -4.72. The highest BCUT2D eigenvalue weighted by Gasteiger charge is 2.16. The first-order valence-corrected chi connectivity index (χ1v) is 10.6. The predicted molar refractivity (Wildman–Crippen MR) is 130 cm³/mol. The second-order valence-corrected chi connectivity index (χ2v) is 7.34. The first-order chi connectivity index (χ1) is 17.0. The number of rotatable bonds is 7. The topological polar surface area (TPSA) is 86.2 Å². The fourth-order valence-electron chi connectivity index (χ4n) is 3.48. The zero-order chi connectivity index (χ0) is 24.8. The quantitative estimate of drug-likeness (QED) is 0.177. The van der Waals surface area contributed by atoms with Crippen molar-refractivity contribution in [3.05, 3.63) is 101 Å². The van der Waals surface area contributed by atoms with E-state index in [1.165, 1.54) is 44.7 Å². The van der Waals surface area contributed by atoms with Crippen LogP contribution < -0.4 is 19.6 Å². The van der Waals surface area contributed by atoms with Crippen molar-refractivity contribution >= 4 is 28.9 Å². The molecule has 0 aromatic heterocycles. The molecule has 8 heteroatoms. The molecule has 4 aromatic rings. The van der Waals surface area contributed by atoms with E-state index in [1.54, 1.807) is 24.3 Å². The molecule has 0 heterocycles. The van der Waals surface area contributed by atoms with Gasteiger partial charge in [0.2, 0.25) is 0 Å². The normalized spacial score (nSPS) is 10.8. The summed E-state index contributed by atoms with van der Waals surface area (Å²) in [6.07, 6.45) is 1.36. The molecule has 4 rings (SSSR count). The average molecular weight is 472 g/mol. The van der Waals surface area contributed by atoms with Crippen LogP contribution in [0.2, 0.25) is 0 Å². The maximum absolute atomic E-state index is 13.9. The number of esters is 1. The summed E-state index contributed by atoms with van der Waals surface area (Å²) in [4.78, 5) is 25.2. The summed E-state index contributed by atoms with van der Waals surface area (Å²) in [5.74, 6) is -0.886. The standard InChI is InChI=1S/C27H21FN2O5/c1-33-24-14-12-18(15-25(24)34-2)27(32)35-23-13-11-17-7-3-4-8-19(17)21(23)16-29-30-26(31)20-9-5-6-10-22(20)28/h3-16H,1-2H3,(H,30,31). The fraction of sp³-hybridized carbons (Fsp3) is 0.0741. The van der Waals surface area contributed by atoms with Gasteiger partial charge in [-0.15, -0.1) is 0 Å². The van der Waals surface area contributed by atoms with Crippen molar-refractivity contribution in [2.75, 3.05) is 14.2 Å². The van der Waals surface area contributed by atoms with E-state index in [4.69, 9.17) is 14.2 Å². The number of fused-ring (bicyclic) bond motifs is 1. The summed E-state index contributed by atoms with van der Waals surface area (Å²) in [7, 11) is 2.97. The lowest BCUT2D eigenvalue weighted by molar-refractivity contribution is 0.0734. The lowest BCUT2D eigenvalue weighted by Gasteiger charge is -2.12. The smallest absolute Gasteiger partial charge is 0.343 e. The Morgan fingerprint density at radius 3 is 2.34 bits per heavy atom. The number of halogens is 1. The number of methoxy groups -OCH3 is 2. The van der Waals surface area contributed by atoms with Crippen LogP contribution in [0.15, 0.2) is 84.0 Å². The molecule has 0 unspecified atom stereocenters. The molecule has 0 aliphatic rings. The number of nitrogens with one attached hydrogen (secondary N) is 1. The maximum Gasteiger partial charge on any atom is 0.343 e. The third-order valence-electron chi connectivity index (χ3n) is 5.23. The van der Waals surface area contributed by atoms with E-state index in [9.17, 15) is 14.0 Å². The summed E-state index contributed by atoms with van der Waals surface area (Å²) in [6.45, 7) is 0. The molecule has 0 fully saturated rings. The maximum atomic E-state index is 13.9. The van der Waals surface area contributed by atoms with Gasteiger partial charge in [0.1, 0.15) is 11.6 Å². The number of carbonyl (C=O) groups excluding carboxylic acids is 2. The SMILES string of the molecule is COc1ccc(C(=O)Oc2ccc3ccccc3c2C=NNC(=O)c2ccccc2F)cc1OC. The summed E-state index contributed by atoms with van der Waals surface area (Å²) >= 11 is 0. The van der Waals surface area contributed by atoms with Crippen molar-refractivity contribution in [2.24, 2.45) is 5.10 Å². The van der Waals surface area contributed by atoms with Crippen molar-refractivity contribution in [1.29, 1.82) is 0 Å². The summed E-state index contributed by atoms with van der Waals surface area (Å²) in [5.41, 5.74) is 2.90. The minimum Gasteiger partial charge on any atom is -0.493 e. The first-order valence-electron chi connectivity index (χ1n) is 10.6. The van der Waals surface area contributed by atoms with Crippen LogP contribution >= 0.6 is 0 Å². The van der Waals surface area contributed by atoms with Gasteiger partial charge in [-0.3, -0.25) is 4.79 Å². The van der Waals surface area contributed by atoms with Gasteiger partial charge in [0.25, 0.3) is 5.91 Å². The van der Waals surface area contributed by atoms with Crippen molar-refractivity contribution < 1.29 is 28.2 Å². The van der Waals surface area contributed by atoms with Crippen molar-refractivity contribution in [3.63, 3.8) is 0 Å². The molecule has 0 atom stereocenters. The molecule has 0 radical (unpaired) electrons. The van der Waals surface area contributed by atoms with Gasteiger partial charge in [-0.2, -0.15) is 5.10 Å². The minimum absolute atomic E-state index is 0.136. The molecular weight excluding hydrogens is 451 g/mol. The number of hydrogen-bond donors (Lipinski definition) is 1. The van der Waals surface area contributed by atoms with Crippen molar-refractivity contribution in [1.82, 2.24) is 5.43 Å². The van der Waals surface area contributed by atoms with Gasteiger partial charge in [0.05, 0.1) is 31.6 Å². The van der Waals surface area contributed by atoms with Crippen LogP contribution in [-0.2, 0) is 0 Å². The highest BCUT2D eigenvalue weighted by Crippen LogP contribution is 2.30. The Balaban J connectivity index is 1.64. The molecule has 1 N–H and O–H groups in total. The van der Waals surface area contributed by atoms with Crippen LogP contribution in [0.5, 0.6) is 17.2 Å². The Bertz CT molecular complexity index is 1430. The van der Waals surface area contributed by atoms with E-state index in [0.29, 0.717) is 17.1 Å². The molecule has 35 heavy (non-hydrogen) atoms. The second kappa shape index (κ2) is 10.5. The van der Waals surface area contributed by atoms with E-state index in [0.717, 1.165) is 10.8 Å². The Morgan fingerprint density at radius 1 is 0.857 bits per heavy atom. The minimum atomic E-state index is -0.705. The zero-order valence-electron chi connectivity index (χ0n) is 18.9. The monoisotopic (exact) mass is 472 g/mol. The number of hydrogen-bond acceptors (Lipinski definition) is 6. The molecule has 7 nitrogen and oxygen atoms in total. The van der Waals surface area contributed by atoms with Crippen LogP contribution in [0, 0.1) is 5.82 Å². The highest BCUT2D eigenvalue weighted by atomic mass is 19.1. The number of hydrazone groups is 1. The number of carbonyl (C=O) groups is 2. The number of benzene rings is 4. The largest absolute Gasteiger partial charge is 0.493 e. The molecule has 176 valence electrons. The molecule has 0 bridgehead atoms. The van der Waals surface area contributed by atoms with Gasteiger partial charge in [-0.25, -0.2) is 14.6 Å². The number of nitrogens with zero attached hydrogens (tertiary/aromatic N) is 1. The summed E-state index contributed by atoms with van der Waals surface area (Å²) in [6, 6.07) is 21.2. The Labute approximate surface area is 200 Å². The molecule has 1 amide bonds. The highest BCUT2D eigenvalue weighted by molar-refractivity contribution is 6.04. The molecule has 4 aromatic carbocycles. The Morgan fingerprint density at radius 2 is 1.57 bits per heavy atom. The number of ether oxygens (including phenoxy) is 3. The molecule has 0 spiro atoms. The van der Waals surface area contributed by atoms with Crippen LogP contribution in [0.3, 0.4) is 0 Å². The van der Waals surface area contributed by atoms with E-state index in [1.807, 2.05) is 30.3 Å². The van der Waals surface area contributed by atoms with Crippen LogP contribution in [0.25, 0.3) is 10.8 Å². The van der Waals surface area contributed by atoms with Crippen molar-refractivity contribution in [2.45, 2.75) is 0 Å². The molecule has 0 saturated heterocycles. The van der Waals surface area contributed by atoms with Gasteiger partial charge in [-0.05, 0) is 47.2 Å². The van der Waals surface area contributed by atoms with Gasteiger partial charge >= 0.3 is 5.97 Å². The van der Waals surface area contributed by atoms with E-state index < -0.39 is 17.7 Å². The molecule has 0 aliphatic carbocycles. The summed E-state index contributed by atoms with van der Waals surface area (Å²) in [5, 5.41) is 5.60. The third-order valence-corrected chi connectivity index (χ3v) is 5.23. The Kier molecular flexibility index (Phi) is 7.02. The molecular formula is C27H21FN2O5. The summed E-state index contributed by atoms with van der Waals surface area (Å²) < 4.78 is 30.0. The first kappa shape index (κ1) is 23.4. The van der Waals surface area contributed by atoms with E-state index >= 15 is 0 Å². The van der Waals surface area contributed by atoms with Crippen molar-refractivity contribution in [3.8, 4) is 17.2 Å². The van der Waals surface area contributed by atoms with E-state index in [2.05, 4.69) is 10.5 Å². The van der Waals surface area contributed by atoms with E-state index in [-0.39, 0.29) is 16.9 Å². The second-order valence-electron chi connectivity index (χ2n) is 7.34.